The van der Waals surface area contributed by atoms with Crippen molar-refractivity contribution in [2.75, 3.05) is 18.0 Å². The maximum absolute atomic E-state index is 8.68. The molecular formula is C12H15N3. The molecule has 1 unspecified atom stereocenters. The Balaban J connectivity index is 2.12. The van der Waals surface area contributed by atoms with E-state index in [2.05, 4.69) is 22.9 Å². The van der Waals surface area contributed by atoms with Gasteiger partial charge in [-0.3, -0.25) is 0 Å². The van der Waals surface area contributed by atoms with Gasteiger partial charge in [-0.2, -0.15) is 5.26 Å². The number of aromatic nitrogens is 1. The molecule has 2 rings (SSSR count). The summed E-state index contributed by atoms with van der Waals surface area (Å²) in [7, 11) is 0. The highest BCUT2D eigenvalue weighted by Crippen LogP contribution is 2.20. The van der Waals surface area contributed by atoms with E-state index in [0.717, 1.165) is 24.8 Å². The summed E-state index contributed by atoms with van der Waals surface area (Å²) in [6, 6.07) is 5.86. The third kappa shape index (κ3) is 2.27. The summed E-state index contributed by atoms with van der Waals surface area (Å²) < 4.78 is 0. The predicted molar refractivity (Wildman–Crippen MR) is 59.6 cm³/mol. The van der Waals surface area contributed by atoms with E-state index in [1.165, 1.54) is 12.8 Å². The molecule has 3 nitrogen and oxygen atoms in total. The van der Waals surface area contributed by atoms with Crippen LogP contribution in [0, 0.1) is 17.2 Å². The second kappa shape index (κ2) is 4.31. The molecule has 0 amide bonds. The van der Waals surface area contributed by atoms with Crippen molar-refractivity contribution in [3.8, 4) is 6.07 Å². The largest absolute Gasteiger partial charge is 0.356 e. The number of nitrogens with zero attached hydrogens (tertiary/aromatic N) is 3. The summed E-state index contributed by atoms with van der Waals surface area (Å²) in [5.74, 6) is 1.75. The monoisotopic (exact) mass is 201 g/mol. The molecule has 0 bridgehead atoms. The highest BCUT2D eigenvalue weighted by Gasteiger charge is 2.17. The minimum absolute atomic E-state index is 0.629. The number of pyridine rings is 1. The van der Waals surface area contributed by atoms with E-state index in [4.69, 9.17) is 5.26 Å². The van der Waals surface area contributed by atoms with Crippen molar-refractivity contribution >= 4 is 5.82 Å². The lowest BCUT2D eigenvalue weighted by Gasteiger charge is -2.31. The standard InChI is InChI=1S/C12H15N3/c1-10-3-2-6-15(9-10)12-5-4-11(7-13)8-14-12/h4-5,8,10H,2-3,6,9H2,1H3. The summed E-state index contributed by atoms with van der Waals surface area (Å²) in [6.45, 7) is 4.44. The number of anilines is 1. The molecule has 0 spiro atoms. The Morgan fingerprint density at radius 2 is 2.40 bits per heavy atom. The van der Waals surface area contributed by atoms with Gasteiger partial charge in [0.05, 0.1) is 5.56 Å². The smallest absolute Gasteiger partial charge is 0.128 e. The van der Waals surface area contributed by atoms with Crippen LogP contribution in [0.4, 0.5) is 5.82 Å². The Labute approximate surface area is 90.4 Å². The van der Waals surface area contributed by atoms with E-state index < -0.39 is 0 Å². The summed E-state index contributed by atoms with van der Waals surface area (Å²) in [5.41, 5.74) is 0.629. The van der Waals surface area contributed by atoms with Crippen molar-refractivity contribution in [1.82, 2.24) is 4.98 Å². The van der Waals surface area contributed by atoms with Gasteiger partial charge in [0.2, 0.25) is 0 Å². The fourth-order valence-corrected chi connectivity index (χ4v) is 2.04. The van der Waals surface area contributed by atoms with Gasteiger partial charge < -0.3 is 4.90 Å². The summed E-state index contributed by atoms with van der Waals surface area (Å²) in [5, 5.41) is 8.68. The SMILES string of the molecule is CC1CCCN(c2ccc(C#N)cn2)C1. The van der Waals surface area contributed by atoms with Crippen molar-refractivity contribution < 1.29 is 0 Å². The topological polar surface area (TPSA) is 39.9 Å². The Kier molecular flexibility index (Phi) is 2.86. The number of piperidine rings is 1. The molecule has 0 N–H and O–H groups in total. The molecule has 1 atom stereocenters. The highest BCUT2D eigenvalue weighted by atomic mass is 15.2. The number of hydrogen-bond acceptors (Lipinski definition) is 3. The molecule has 1 aliphatic rings. The average molecular weight is 201 g/mol. The second-order valence-electron chi connectivity index (χ2n) is 4.21. The van der Waals surface area contributed by atoms with Crippen molar-refractivity contribution in [1.29, 1.82) is 5.26 Å². The van der Waals surface area contributed by atoms with E-state index in [1.807, 2.05) is 12.1 Å². The van der Waals surface area contributed by atoms with Crippen molar-refractivity contribution in [2.24, 2.45) is 5.92 Å². The quantitative estimate of drug-likeness (QED) is 0.699. The van der Waals surface area contributed by atoms with Gasteiger partial charge in [0.15, 0.2) is 0 Å². The molecule has 0 aromatic carbocycles. The molecule has 1 fully saturated rings. The van der Waals surface area contributed by atoms with Crippen LogP contribution in [0.3, 0.4) is 0 Å². The number of rotatable bonds is 1. The van der Waals surface area contributed by atoms with Crippen LogP contribution in [0.1, 0.15) is 25.3 Å². The zero-order chi connectivity index (χ0) is 10.7. The molecule has 1 saturated heterocycles. The van der Waals surface area contributed by atoms with Crippen LogP contribution in [-0.2, 0) is 0 Å². The summed E-state index contributed by atoms with van der Waals surface area (Å²) >= 11 is 0. The zero-order valence-electron chi connectivity index (χ0n) is 8.98. The van der Waals surface area contributed by atoms with Crippen LogP contribution < -0.4 is 4.90 Å². The Bertz CT molecular complexity index is 363. The first-order valence-electron chi connectivity index (χ1n) is 5.40. The maximum atomic E-state index is 8.68. The van der Waals surface area contributed by atoms with Crippen LogP contribution in [0.25, 0.3) is 0 Å². The summed E-state index contributed by atoms with van der Waals surface area (Å²) in [6.07, 6.45) is 4.20. The first-order chi connectivity index (χ1) is 7.29. The van der Waals surface area contributed by atoms with Crippen molar-refractivity contribution in [3.63, 3.8) is 0 Å². The molecule has 1 aromatic heterocycles. The van der Waals surface area contributed by atoms with Gasteiger partial charge in [-0.15, -0.1) is 0 Å². The fraction of sp³-hybridized carbons (Fsp3) is 0.500. The molecule has 15 heavy (non-hydrogen) atoms. The highest BCUT2D eigenvalue weighted by molar-refractivity contribution is 5.42. The number of nitriles is 1. The second-order valence-corrected chi connectivity index (χ2v) is 4.21. The van der Waals surface area contributed by atoms with Gasteiger partial charge in [-0.1, -0.05) is 6.92 Å². The van der Waals surface area contributed by atoms with Crippen molar-refractivity contribution in [3.05, 3.63) is 23.9 Å². The lowest BCUT2D eigenvalue weighted by Crippen LogP contribution is -2.34. The normalized spacial score (nSPS) is 21.1. The van der Waals surface area contributed by atoms with Gasteiger partial charge in [-0.05, 0) is 30.9 Å². The van der Waals surface area contributed by atoms with E-state index in [1.54, 1.807) is 6.20 Å². The Morgan fingerprint density at radius 3 is 3.00 bits per heavy atom. The van der Waals surface area contributed by atoms with Gasteiger partial charge in [0, 0.05) is 19.3 Å². The van der Waals surface area contributed by atoms with E-state index in [9.17, 15) is 0 Å². The predicted octanol–water partition coefficient (Wildman–Crippen LogP) is 2.19. The van der Waals surface area contributed by atoms with E-state index in [0.29, 0.717) is 5.56 Å². The molecular weight excluding hydrogens is 186 g/mol. The Hall–Kier alpha value is -1.56. The average Bonchev–Trinajstić information content (AvgIpc) is 2.29. The third-order valence-electron chi connectivity index (χ3n) is 2.86. The Morgan fingerprint density at radius 1 is 1.53 bits per heavy atom. The summed E-state index contributed by atoms with van der Waals surface area (Å²) in [4.78, 5) is 6.61. The first-order valence-corrected chi connectivity index (χ1v) is 5.40. The third-order valence-corrected chi connectivity index (χ3v) is 2.86. The minimum Gasteiger partial charge on any atom is -0.356 e. The molecule has 78 valence electrons. The molecule has 0 saturated carbocycles. The van der Waals surface area contributed by atoms with Gasteiger partial charge in [-0.25, -0.2) is 4.98 Å². The van der Waals surface area contributed by atoms with Crippen molar-refractivity contribution in [2.45, 2.75) is 19.8 Å². The van der Waals surface area contributed by atoms with Gasteiger partial charge >= 0.3 is 0 Å². The van der Waals surface area contributed by atoms with Gasteiger partial charge in [0.1, 0.15) is 11.9 Å². The molecule has 0 radical (unpaired) electrons. The van der Waals surface area contributed by atoms with E-state index in [-0.39, 0.29) is 0 Å². The lowest BCUT2D eigenvalue weighted by molar-refractivity contribution is 0.444. The minimum atomic E-state index is 0.629. The maximum Gasteiger partial charge on any atom is 0.128 e. The van der Waals surface area contributed by atoms with Crippen LogP contribution in [0.2, 0.25) is 0 Å². The van der Waals surface area contributed by atoms with Gasteiger partial charge in [0.25, 0.3) is 0 Å². The molecule has 1 aliphatic heterocycles. The van der Waals surface area contributed by atoms with E-state index >= 15 is 0 Å². The fourth-order valence-electron chi connectivity index (χ4n) is 2.04. The molecule has 2 heterocycles. The molecule has 0 aliphatic carbocycles. The van der Waals surface area contributed by atoms with Crippen LogP contribution >= 0.6 is 0 Å². The van der Waals surface area contributed by atoms with Crippen LogP contribution in [0.15, 0.2) is 18.3 Å². The first kappa shape index (κ1) is 9.97. The zero-order valence-corrected chi connectivity index (χ0v) is 8.98. The van der Waals surface area contributed by atoms with Crippen LogP contribution in [0.5, 0.6) is 0 Å². The molecule has 1 aromatic rings. The lowest BCUT2D eigenvalue weighted by atomic mass is 10.0. The number of hydrogen-bond donors (Lipinski definition) is 0. The van der Waals surface area contributed by atoms with Crippen LogP contribution in [-0.4, -0.2) is 18.1 Å². The molecule has 3 heteroatoms.